The zero-order valence-corrected chi connectivity index (χ0v) is 16.4. The summed E-state index contributed by atoms with van der Waals surface area (Å²) in [5.41, 5.74) is 3.17. The summed E-state index contributed by atoms with van der Waals surface area (Å²) in [6.45, 7) is 4.31. The predicted octanol–water partition coefficient (Wildman–Crippen LogP) is 3.94. The Morgan fingerprint density at radius 1 is 1.04 bits per heavy atom. The third-order valence-corrected chi connectivity index (χ3v) is 4.43. The van der Waals surface area contributed by atoms with Gasteiger partial charge in [0.05, 0.1) is 31.5 Å². The second kappa shape index (κ2) is 8.56. The van der Waals surface area contributed by atoms with Crippen molar-refractivity contribution in [3.8, 4) is 11.5 Å². The van der Waals surface area contributed by atoms with Gasteiger partial charge in [-0.05, 0) is 43.7 Å². The van der Waals surface area contributed by atoms with Crippen molar-refractivity contribution in [1.29, 1.82) is 0 Å². The van der Waals surface area contributed by atoms with Crippen LogP contribution in [0.15, 0.2) is 52.4 Å². The van der Waals surface area contributed by atoms with Crippen molar-refractivity contribution in [2.75, 3.05) is 20.8 Å². The number of benzene rings is 2. The van der Waals surface area contributed by atoms with Gasteiger partial charge in [0.15, 0.2) is 11.5 Å². The zero-order valence-electron chi connectivity index (χ0n) is 16.4. The van der Waals surface area contributed by atoms with Gasteiger partial charge in [-0.15, -0.1) is 0 Å². The van der Waals surface area contributed by atoms with Crippen LogP contribution in [0, 0.1) is 0 Å². The molecule has 7 heteroatoms. The summed E-state index contributed by atoms with van der Waals surface area (Å²) in [5.74, 6) is 1.40. The van der Waals surface area contributed by atoms with Crippen molar-refractivity contribution < 1.29 is 14.3 Å². The van der Waals surface area contributed by atoms with Crippen molar-refractivity contribution in [1.82, 2.24) is 10.6 Å². The second-order valence-electron chi connectivity index (χ2n) is 6.27. The van der Waals surface area contributed by atoms with E-state index in [0.717, 1.165) is 17.0 Å². The topological polar surface area (TPSA) is 84.3 Å². The average Bonchev–Trinajstić information content (AvgIpc) is 2.82. The molecule has 1 aliphatic heterocycles. The third kappa shape index (κ3) is 3.98. The number of amides is 2. The fraction of sp³-hybridized carbons (Fsp3) is 0.286. The van der Waals surface area contributed by atoms with Gasteiger partial charge in [-0.1, -0.05) is 18.2 Å². The molecule has 146 valence electrons. The number of amidine groups is 1. The number of nitrogens with one attached hydrogen (secondary N) is 2. The van der Waals surface area contributed by atoms with Crippen LogP contribution in [0.5, 0.6) is 11.5 Å². The quantitative estimate of drug-likeness (QED) is 0.842. The maximum atomic E-state index is 12.3. The van der Waals surface area contributed by atoms with Gasteiger partial charge < -0.3 is 14.8 Å². The fourth-order valence-electron chi connectivity index (χ4n) is 3.15. The van der Waals surface area contributed by atoms with Gasteiger partial charge in [-0.25, -0.2) is 9.79 Å². The Labute approximate surface area is 164 Å². The third-order valence-electron chi connectivity index (χ3n) is 4.43. The van der Waals surface area contributed by atoms with E-state index >= 15 is 0 Å². The van der Waals surface area contributed by atoms with Crippen LogP contribution < -0.4 is 20.1 Å². The molecule has 0 bridgehead atoms. The van der Waals surface area contributed by atoms with E-state index in [1.54, 1.807) is 14.2 Å². The predicted molar refractivity (Wildman–Crippen MR) is 111 cm³/mol. The Bertz CT molecular complexity index is 937. The lowest BCUT2D eigenvalue weighted by molar-refractivity contribution is 0.245. The van der Waals surface area contributed by atoms with E-state index in [4.69, 9.17) is 19.5 Å². The van der Waals surface area contributed by atoms with E-state index in [2.05, 4.69) is 10.6 Å². The first-order chi connectivity index (χ1) is 13.6. The summed E-state index contributed by atoms with van der Waals surface area (Å²) in [5, 5.41) is 5.64. The average molecular weight is 380 g/mol. The number of hydrogen-bond acceptors (Lipinski definition) is 5. The minimum Gasteiger partial charge on any atom is -0.493 e. The lowest BCUT2D eigenvalue weighted by Gasteiger charge is -2.20. The van der Waals surface area contributed by atoms with Gasteiger partial charge in [-0.2, -0.15) is 0 Å². The number of hydrogen-bond donors (Lipinski definition) is 2. The Morgan fingerprint density at radius 3 is 2.36 bits per heavy atom. The molecule has 2 N–H and O–H groups in total. The van der Waals surface area contributed by atoms with E-state index in [-0.39, 0.29) is 11.9 Å². The van der Waals surface area contributed by atoms with Crippen LogP contribution in [0.4, 0.5) is 16.2 Å². The fourth-order valence-corrected chi connectivity index (χ4v) is 3.15. The SMILES string of the molecule is CCNC(=O)NC1=Nc2ccccc2N=C(C)[C@H]1c1ccc(OC)c(OC)c1. The largest absolute Gasteiger partial charge is 0.493 e. The first-order valence-corrected chi connectivity index (χ1v) is 9.07. The minimum absolute atomic E-state index is 0.307. The monoisotopic (exact) mass is 380 g/mol. The molecule has 2 amide bonds. The highest BCUT2D eigenvalue weighted by atomic mass is 16.5. The van der Waals surface area contributed by atoms with Gasteiger partial charge in [0, 0.05) is 12.3 Å². The van der Waals surface area contributed by atoms with Crippen molar-refractivity contribution in [3.05, 3.63) is 48.0 Å². The summed E-state index contributed by atoms with van der Waals surface area (Å²) in [4.78, 5) is 21.7. The van der Waals surface area contributed by atoms with Crippen molar-refractivity contribution >= 4 is 29.0 Å². The van der Waals surface area contributed by atoms with Crippen LogP contribution in [0.25, 0.3) is 0 Å². The molecule has 1 heterocycles. The number of para-hydroxylation sites is 2. The van der Waals surface area contributed by atoms with E-state index in [1.807, 2.05) is 56.3 Å². The highest BCUT2D eigenvalue weighted by Gasteiger charge is 2.27. The lowest BCUT2D eigenvalue weighted by atomic mass is 9.93. The zero-order chi connectivity index (χ0) is 20.1. The summed E-state index contributed by atoms with van der Waals surface area (Å²) < 4.78 is 10.8. The van der Waals surface area contributed by atoms with Crippen LogP contribution >= 0.6 is 0 Å². The van der Waals surface area contributed by atoms with E-state index < -0.39 is 0 Å². The molecule has 2 aromatic rings. The molecule has 0 spiro atoms. The first-order valence-electron chi connectivity index (χ1n) is 9.07. The molecule has 0 saturated carbocycles. The molecule has 0 aromatic heterocycles. The summed E-state index contributed by atoms with van der Waals surface area (Å²) in [6.07, 6.45) is 0. The molecule has 7 nitrogen and oxygen atoms in total. The first kappa shape index (κ1) is 19.4. The van der Waals surface area contributed by atoms with E-state index in [1.165, 1.54) is 0 Å². The number of urea groups is 1. The number of rotatable bonds is 4. The summed E-state index contributed by atoms with van der Waals surface area (Å²) >= 11 is 0. The van der Waals surface area contributed by atoms with Crippen molar-refractivity contribution in [2.45, 2.75) is 19.8 Å². The van der Waals surface area contributed by atoms with Gasteiger partial charge in [-0.3, -0.25) is 10.3 Å². The molecule has 1 atom stereocenters. The molecular weight excluding hydrogens is 356 g/mol. The number of ether oxygens (including phenoxy) is 2. The number of aliphatic imine (C=N–C) groups is 2. The van der Waals surface area contributed by atoms with Crippen LogP contribution in [0.2, 0.25) is 0 Å². The van der Waals surface area contributed by atoms with Crippen LogP contribution in [-0.4, -0.2) is 38.3 Å². The van der Waals surface area contributed by atoms with Crippen molar-refractivity contribution in [2.24, 2.45) is 9.98 Å². The number of carbonyl (C=O) groups excluding carboxylic acids is 1. The van der Waals surface area contributed by atoms with Gasteiger partial charge in [0.2, 0.25) is 0 Å². The molecule has 0 saturated heterocycles. The smallest absolute Gasteiger partial charge is 0.320 e. The highest BCUT2D eigenvalue weighted by molar-refractivity contribution is 6.17. The number of methoxy groups -OCH3 is 2. The van der Waals surface area contributed by atoms with Crippen LogP contribution in [0.1, 0.15) is 25.3 Å². The highest BCUT2D eigenvalue weighted by Crippen LogP contribution is 2.36. The van der Waals surface area contributed by atoms with Crippen LogP contribution in [-0.2, 0) is 0 Å². The maximum Gasteiger partial charge on any atom is 0.320 e. The summed E-state index contributed by atoms with van der Waals surface area (Å²) in [7, 11) is 3.18. The second-order valence-corrected chi connectivity index (χ2v) is 6.27. The number of nitrogens with zero attached hydrogens (tertiary/aromatic N) is 2. The van der Waals surface area contributed by atoms with Gasteiger partial charge in [0.25, 0.3) is 0 Å². The molecule has 0 fully saturated rings. The molecule has 0 radical (unpaired) electrons. The molecule has 0 aliphatic carbocycles. The Kier molecular flexibility index (Phi) is 5.93. The van der Waals surface area contributed by atoms with Crippen LogP contribution in [0.3, 0.4) is 0 Å². The standard InChI is InChI=1S/C21H24N4O3/c1-5-22-21(26)25-20-19(14-10-11-17(27-3)18(12-14)28-4)13(2)23-15-8-6-7-9-16(15)24-20/h6-12,19H,5H2,1-4H3,(H2,22,24,25,26)/t19-/m0/s1. The lowest BCUT2D eigenvalue weighted by Crippen LogP contribution is -2.43. The Hall–Kier alpha value is -3.35. The maximum absolute atomic E-state index is 12.3. The number of fused-ring (bicyclic) bond motifs is 1. The molecule has 2 aromatic carbocycles. The molecule has 3 rings (SSSR count). The Balaban J connectivity index is 2.12. The summed E-state index contributed by atoms with van der Waals surface area (Å²) in [6, 6.07) is 12.9. The molecular formula is C21H24N4O3. The van der Waals surface area contributed by atoms with E-state index in [0.29, 0.717) is 29.6 Å². The Morgan fingerprint density at radius 2 is 1.71 bits per heavy atom. The van der Waals surface area contributed by atoms with Gasteiger partial charge in [0.1, 0.15) is 5.84 Å². The minimum atomic E-state index is -0.338. The van der Waals surface area contributed by atoms with Gasteiger partial charge >= 0.3 is 6.03 Å². The number of carbonyl (C=O) groups is 1. The normalized spacial score (nSPS) is 15.5. The molecule has 28 heavy (non-hydrogen) atoms. The van der Waals surface area contributed by atoms with E-state index in [9.17, 15) is 4.79 Å². The molecule has 1 aliphatic rings. The van der Waals surface area contributed by atoms with Crippen molar-refractivity contribution in [3.63, 3.8) is 0 Å². The molecule has 0 unspecified atom stereocenters.